The number of hydrogen-bond donors (Lipinski definition) is 1. The zero-order valence-electron chi connectivity index (χ0n) is 15.1. The Morgan fingerprint density at radius 2 is 1.83 bits per heavy atom. The van der Waals surface area contributed by atoms with Gasteiger partial charge in [-0.3, -0.25) is 4.79 Å². The molecule has 0 atom stereocenters. The summed E-state index contributed by atoms with van der Waals surface area (Å²) >= 11 is 0. The molecule has 1 N–H and O–H groups in total. The Hall–Kier alpha value is -1.69. The lowest BCUT2D eigenvalue weighted by Gasteiger charge is -2.37. The van der Waals surface area contributed by atoms with Gasteiger partial charge in [-0.05, 0) is 32.9 Å². The van der Waals surface area contributed by atoms with E-state index in [0.29, 0.717) is 11.8 Å². The molecule has 6 heteroatoms. The van der Waals surface area contributed by atoms with Gasteiger partial charge in [0, 0.05) is 49.8 Å². The molecule has 1 aromatic heterocycles. The van der Waals surface area contributed by atoms with E-state index in [2.05, 4.69) is 35.1 Å². The van der Waals surface area contributed by atoms with Gasteiger partial charge in [-0.15, -0.1) is 0 Å². The monoisotopic (exact) mass is 331 g/mol. The Bertz CT molecular complexity index is 575. The Labute approximate surface area is 144 Å². The Morgan fingerprint density at radius 3 is 2.46 bits per heavy atom. The zero-order valence-corrected chi connectivity index (χ0v) is 15.1. The fourth-order valence-corrected chi connectivity index (χ4v) is 3.48. The van der Waals surface area contributed by atoms with Crippen LogP contribution in [0.1, 0.15) is 44.1 Å². The minimum atomic E-state index is 0.214. The van der Waals surface area contributed by atoms with Crippen LogP contribution in [-0.2, 0) is 4.79 Å². The number of aromatic nitrogens is 2. The second kappa shape index (κ2) is 7.47. The van der Waals surface area contributed by atoms with Crippen LogP contribution in [0.2, 0.25) is 0 Å². The largest absolute Gasteiger partial charge is 0.353 e. The second-order valence-corrected chi connectivity index (χ2v) is 7.22. The van der Waals surface area contributed by atoms with Crippen molar-refractivity contribution in [2.45, 2.75) is 39.5 Å². The number of anilines is 1. The molecular formula is C18H29N5O. The number of nitrogens with one attached hydrogen (secondary N) is 1. The van der Waals surface area contributed by atoms with Crippen LogP contribution in [0, 0.1) is 12.8 Å². The minimum absolute atomic E-state index is 0.214. The molecule has 24 heavy (non-hydrogen) atoms. The summed E-state index contributed by atoms with van der Waals surface area (Å²) in [4.78, 5) is 26.2. The first-order chi connectivity index (χ1) is 11.5. The predicted octanol–water partition coefficient (Wildman–Crippen LogP) is 1.56. The number of rotatable bonds is 3. The molecule has 2 fully saturated rings. The summed E-state index contributed by atoms with van der Waals surface area (Å²) in [6.45, 7) is 11.5. The van der Waals surface area contributed by atoms with E-state index in [-0.39, 0.29) is 5.92 Å². The van der Waals surface area contributed by atoms with Crippen LogP contribution >= 0.6 is 0 Å². The van der Waals surface area contributed by atoms with Crippen molar-refractivity contribution in [3.05, 3.63) is 17.6 Å². The van der Waals surface area contributed by atoms with Crippen LogP contribution in [0.5, 0.6) is 0 Å². The van der Waals surface area contributed by atoms with Crippen LogP contribution < -0.4 is 10.2 Å². The summed E-state index contributed by atoms with van der Waals surface area (Å²) in [5.41, 5.74) is 1.01. The molecule has 6 nitrogen and oxygen atoms in total. The lowest BCUT2D eigenvalue weighted by molar-refractivity contribution is -0.136. The molecule has 3 rings (SSSR count). The van der Waals surface area contributed by atoms with E-state index in [1.54, 1.807) is 0 Å². The number of nitrogens with zero attached hydrogens (tertiary/aromatic N) is 4. The van der Waals surface area contributed by atoms with Crippen LogP contribution in [0.15, 0.2) is 6.07 Å². The molecule has 0 bridgehead atoms. The van der Waals surface area contributed by atoms with Gasteiger partial charge < -0.3 is 15.1 Å². The number of amides is 1. The average Bonchev–Trinajstić information content (AvgIpc) is 2.61. The number of carbonyl (C=O) groups is 1. The fraction of sp³-hybridized carbons (Fsp3) is 0.722. The summed E-state index contributed by atoms with van der Waals surface area (Å²) < 4.78 is 0. The van der Waals surface area contributed by atoms with Gasteiger partial charge in [0.1, 0.15) is 11.6 Å². The van der Waals surface area contributed by atoms with Crippen molar-refractivity contribution >= 4 is 11.7 Å². The zero-order chi connectivity index (χ0) is 17.1. The lowest BCUT2D eigenvalue weighted by Crippen LogP contribution is -2.51. The summed E-state index contributed by atoms with van der Waals surface area (Å²) in [7, 11) is 0. The topological polar surface area (TPSA) is 61.4 Å². The van der Waals surface area contributed by atoms with Crippen LogP contribution in [-0.4, -0.2) is 60.0 Å². The van der Waals surface area contributed by atoms with Gasteiger partial charge in [-0.1, -0.05) is 13.8 Å². The molecule has 0 aromatic carbocycles. The third-order valence-electron chi connectivity index (χ3n) is 4.98. The standard InChI is InChI=1S/C18H29N5O/c1-13(2)17-20-14(3)12-16(21-17)22-8-10-23(11-9-22)18(24)15-4-6-19-7-5-15/h12-13,15,19H,4-11H2,1-3H3. The molecule has 0 spiro atoms. The van der Waals surface area contributed by atoms with Crippen molar-refractivity contribution in [3.63, 3.8) is 0 Å². The normalized spacial score (nSPS) is 19.8. The molecule has 2 saturated heterocycles. The Balaban J connectivity index is 1.61. The number of aryl methyl sites for hydroxylation is 1. The SMILES string of the molecule is Cc1cc(N2CCN(C(=O)C3CCNCC3)CC2)nc(C(C)C)n1. The molecule has 2 aliphatic heterocycles. The number of carbonyl (C=O) groups excluding carboxylic acids is 1. The van der Waals surface area contributed by atoms with E-state index in [1.807, 2.05) is 11.8 Å². The highest BCUT2D eigenvalue weighted by molar-refractivity contribution is 5.79. The van der Waals surface area contributed by atoms with E-state index >= 15 is 0 Å². The third kappa shape index (κ3) is 3.86. The van der Waals surface area contributed by atoms with Crippen LogP contribution in [0.3, 0.4) is 0 Å². The Kier molecular flexibility index (Phi) is 5.33. The van der Waals surface area contributed by atoms with E-state index in [1.165, 1.54) is 0 Å². The van der Waals surface area contributed by atoms with Crippen molar-refractivity contribution in [2.24, 2.45) is 5.92 Å². The van der Waals surface area contributed by atoms with E-state index in [9.17, 15) is 4.79 Å². The van der Waals surface area contributed by atoms with Gasteiger partial charge in [0.25, 0.3) is 0 Å². The number of hydrogen-bond acceptors (Lipinski definition) is 5. The van der Waals surface area contributed by atoms with Gasteiger partial charge >= 0.3 is 0 Å². The van der Waals surface area contributed by atoms with Crippen LogP contribution in [0.25, 0.3) is 0 Å². The van der Waals surface area contributed by atoms with Crippen molar-refractivity contribution < 1.29 is 4.79 Å². The van der Waals surface area contributed by atoms with Crippen molar-refractivity contribution in [1.29, 1.82) is 0 Å². The fourth-order valence-electron chi connectivity index (χ4n) is 3.48. The maximum Gasteiger partial charge on any atom is 0.225 e. The molecule has 132 valence electrons. The van der Waals surface area contributed by atoms with Crippen molar-refractivity contribution in [3.8, 4) is 0 Å². The van der Waals surface area contributed by atoms with E-state index in [0.717, 1.165) is 69.4 Å². The molecular weight excluding hydrogens is 302 g/mol. The first kappa shape index (κ1) is 17.1. The average molecular weight is 331 g/mol. The number of piperidine rings is 1. The molecule has 1 amide bonds. The molecule has 0 unspecified atom stereocenters. The summed E-state index contributed by atoms with van der Waals surface area (Å²) in [6, 6.07) is 2.05. The minimum Gasteiger partial charge on any atom is -0.353 e. The highest BCUT2D eigenvalue weighted by Crippen LogP contribution is 2.21. The second-order valence-electron chi connectivity index (χ2n) is 7.22. The van der Waals surface area contributed by atoms with E-state index in [4.69, 9.17) is 4.98 Å². The number of piperazine rings is 1. The molecule has 0 saturated carbocycles. The third-order valence-corrected chi connectivity index (χ3v) is 4.98. The maximum absolute atomic E-state index is 12.6. The first-order valence-electron chi connectivity index (χ1n) is 9.14. The van der Waals surface area contributed by atoms with Gasteiger partial charge in [-0.2, -0.15) is 0 Å². The van der Waals surface area contributed by atoms with E-state index < -0.39 is 0 Å². The highest BCUT2D eigenvalue weighted by Gasteiger charge is 2.28. The summed E-state index contributed by atoms with van der Waals surface area (Å²) in [5.74, 6) is 2.79. The molecule has 0 aliphatic carbocycles. The summed E-state index contributed by atoms with van der Waals surface area (Å²) in [6.07, 6.45) is 1.95. The molecule has 0 radical (unpaired) electrons. The molecule has 3 heterocycles. The quantitative estimate of drug-likeness (QED) is 0.911. The van der Waals surface area contributed by atoms with Gasteiger partial charge in [0.15, 0.2) is 0 Å². The van der Waals surface area contributed by atoms with Gasteiger partial charge in [0.2, 0.25) is 5.91 Å². The smallest absolute Gasteiger partial charge is 0.225 e. The predicted molar refractivity (Wildman–Crippen MR) is 95.2 cm³/mol. The molecule has 2 aliphatic rings. The maximum atomic E-state index is 12.6. The summed E-state index contributed by atoms with van der Waals surface area (Å²) in [5, 5.41) is 3.33. The highest BCUT2D eigenvalue weighted by atomic mass is 16.2. The van der Waals surface area contributed by atoms with Gasteiger partial charge in [-0.25, -0.2) is 9.97 Å². The molecule has 1 aromatic rings. The van der Waals surface area contributed by atoms with Crippen molar-refractivity contribution in [1.82, 2.24) is 20.2 Å². The van der Waals surface area contributed by atoms with Crippen LogP contribution in [0.4, 0.5) is 5.82 Å². The lowest BCUT2D eigenvalue weighted by atomic mass is 9.96. The first-order valence-corrected chi connectivity index (χ1v) is 9.14. The Morgan fingerprint density at radius 1 is 1.17 bits per heavy atom. The van der Waals surface area contributed by atoms with Gasteiger partial charge in [0.05, 0.1) is 0 Å². The van der Waals surface area contributed by atoms with Crippen molar-refractivity contribution in [2.75, 3.05) is 44.2 Å².